The molecule has 1 aromatic rings. The highest BCUT2D eigenvalue weighted by atomic mass is 19.3. The van der Waals surface area contributed by atoms with Crippen molar-refractivity contribution in [1.82, 2.24) is 4.98 Å². The molecular formula is C9H9F2N3O. The number of hydrogen-bond acceptors (Lipinski definition) is 4. The highest BCUT2D eigenvalue weighted by Gasteiger charge is 2.22. The summed E-state index contributed by atoms with van der Waals surface area (Å²) in [7, 11) is 1.22. The van der Waals surface area contributed by atoms with Gasteiger partial charge in [-0.2, -0.15) is 5.26 Å². The molecule has 0 amide bonds. The summed E-state index contributed by atoms with van der Waals surface area (Å²) >= 11 is 0. The molecule has 0 unspecified atom stereocenters. The number of rotatable bonds is 3. The van der Waals surface area contributed by atoms with E-state index in [1.165, 1.54) is 13.3 Å². The van der Waals surface area contributed by atoms with Crippen LogP contribution in [0, 0.1) is 11.3 Å². The number of hydrogen-bond donors (Lipinski definition) is 1. The molecule has 0 bridgehead atoms. The van der Waals surface area contributed by atoms with Crippen molar-refractivity contribution >= 4 is 0 Å². The van der Waals surface area contributed by atoms with E-state index < -0.39 is 12.0 Å². The fraction of sp³-hybridized carbons (Fsp3) is 0.333. The molecule has 0 aliphatic rings. The van der Waals surface area contributed by atoms with Gasteiger partial charge in [0.15, 0.2) is 0 Å². The second kappa shape index (κ2) is 4.66. The van der Waals surface area contributed by atoms with Crippen LogP contribution in [0.4, 0.5) is 8.78 Å². The van der Waals surface area contributed by atoms with Gasteiger partial charge in [-0.15, -0.1) is 0 Å². The minimum absolute atomic E-state index is 0.0231. The molecule has 0 radical (unpaired) electrons. The summed E-state index contributed by atoms with van der Waals surface area (Å²) < 4.78 is 30.2. The topological polar surface area (TPSA) is 71.9 Å². The summed E-state index contributed by atoms with van der Waals surface area (Å²) in [4.78, 5) is 3.69. The van der Waals surface area contributed by atoms with Crippen molar-refractivity contribution in [3.63, 3.8) is 0 Å². The lowest BCUT2D eigenvalue weighted by molar-refractivity contribution is 0.145. The van der Waals surface area contributed by atoms with Crippen LogP contribution in [0.25, 0.3) is 0 Å². The van der Waals surface area contributed by atoms with Crippen molar-refractivity contribution in [3.8, 4) is 11.8 Å². The Morgan fingerprint density at radius 1 is 1.67 bits per heavy atom. The molecule has 0 aliphatic heterocycles. The average Bonchev–Trinajstić information content (AvgIpc) is 2.26. The Bertz CT molecular complexity index is 401. The molecule has 4 nitrogen and oxygen atoms in total. The first-order valence-electron chi connectivity index (χ1n) is 4.09. The first kappa shape index (κ1) is 11.3. The number of aromatic nitrogens is 1. The Morgan fingerprint density at radius 3 is 2.73 bits per heavy atom. The zero-order chi connectivity index (χ0) is 11.4. The van der Waals surface area contributed by atoms with E-state index in [1.54, 1.807) is 6.07 Å². The number of methoxy groups -OCH3 is 1. The summed E-state index contributed by atoms with van der Waals surface area (Å²) in [5, 5.41) is 8.67. The minimum Gasteiger partial charge on any atom is -0.495 e. The van der Waals surface area contributed by atoms with Gasteiger partial charge in [-0.3, -0.25) is 4.98 Å². The smallest absolute Gasteiger partial charge is 0.269 e. The third-order valence-corrected chi connectivity index (χ3v) is 1.89. The fourth-order valence-corrected chi connectivity index (χ4v) is 1.23. The number of nitriles is 1. The second-order valence-electron chi connectivity index (χ2n) is 2.68. The summed E-state index contributed by atoms with van der Waals surface area (Å²) in [6.45, 7) is -0.123. The van der Waals surface area contributed by atoms with Crippen LogP contribution in [-0.2, 0) is 6.54 Å². The van der Waals surface area contributed by atoms with Crippen molar-refractivity contribution in [2.45, 2.75) is 13.0 Å². The molecule has 0 atom stereocenters. The van der Waals surface area contributed by atoms with Crippen LogP contribution in [0.15, 0.2) is 6.20 Å². The van der Waals surface area contributed by atoms with Crippen LogP contribution in [0.2, 0.25) is 0 Å². The first-order valence-corrected chi connectivity index (χ1v) is 4.09. The van der Waals surface area contributed by atoms with Gasteiger partial charge in [0.25, 0.3) is 6.43 Å². The Kier molecular flexibility index (Phi) is 3.52. The van der Waals surface area contributed by atoms with Crippen molar-refractivity contribution in [1.29, 1.82) is 5.26 Å². The number of ether oxygens (including phenoxy) is 1. The van der Waals surface area contributed by atoms with Crippen LogP contribution in [0.3, 0.4) is 0 Å². The van der Waals surface area contributed by atoms with E-state index in [9.17, 15) is 8.78 Å². The molecule has 0 saturated heterocycles. The second-order valence-corrected chi connectivity index (χ2v) is 2.68. The quantitative estimate of drug-likeness (QED) is 0.822. The third-order valence-electron chi connectivity index (χ3n) is 1.89. The number of alkyl halides is 2. The van der Waals surface area contributed by atoms with Gasteiger partial charge in [-0.25, -0.2) is 8.78 Å². The van der Waals surface area contributed by atoms with Crippen molar-refractivity contribution < 1.29 is 13.5 Å². The van der Waals surface area contributed by atoms with Crippen LogP contribution >= 0.6 is 0 Å². The van der Waals surface area contributed by atoms with E-state index in [2.05, 4.69) is 4.98 Å². The molecule has 80 valence electrons. The zero-order valence-electron chi connectivity index (χ0n) is 8.00. The molecule has 6 heteroatoms. The molecule has 1 aromatic heterocycles. The SMILES string of the molecule is COc1c(C#N)cnc(CN)c1C(F)F. The maximum absolute atomic E-state index is 12.7. The third kappa shape index (κ3) is 2.02. The van der Waals surface area contributed by atoms with E-state index in [4.69, 9.17) is 15.7 Å². The summed E-state index contributed by atoms with van der Waals surface area (Å²) in [6.07, 6.45) is -1.59. The molecule has 0 fully saturated rings. The maximum Gasteiger partial charge on any atom is 0.269 e. The predicted octanol–water partition coefficient (Wildman–Crippen LogP) is 1.36. The van der Waals surface area contributed by atoms with Crippen LogP contribution in [-0.4, -0.2) is 12.1 Å². The highest BCUT2D eigenvalue weighted by molar-refractivity contribution is 5.49. The average molecular weight is 213 g/mol. The number of nitrogens with zero attached hydrogens (tertiary/aromatic N) is 2. The first-order chi connectivity index (χ1) is 7.15. The van der Waals surface area contributed by atoms with Gasteiger partial charge >= 0.3 is 0 Å². The monoisotopic (exact) mass is 213 g/mol. The lowest BCUT2D eigenvalue weighted by atomic mass is 10.1. The van der Waals surface area contributed by atoms with Gasteiger partial charge in [-0.05, 0) is 0 Å². The molecule has 1 rings (SSSR count). The molecule has 0 saturated carbocycles. The van der Waals surface area contributed by atoms with Crippen LogP contribution in [0.5, 0.6) is 5.75 Å². The van der Waals surface area contributed by atoms with Gasteiger partial charge in [-0.1, -0.05) is 0 Å². The zero-order valence-corrected chi connectivity index (χ0v) is 8.00. The molecule has 0 aromatic carbocycles. The molecule has 15 heavy (non-hydrogen) atoms. The molecule has 0 spiro atoms. The lowest BCUT2D eigenvalue weighted by Gasteiger charge is -2.12. The van der Waals surface area contributed by atoms with Crippen LogP contribution < -0.4 is 10.5 Å². The van der Waals surface area contributed by atoms with E-state index in [0.29, 0.717) is 0 Å². The van der Waals surface area contributed by atoms with Gasteiger partial charge in [0.2, 0.25) is 0 Å². The normalized spacial score (nSPS) is 10.1. The Morgan fingerprint density at radius 2 is 2.33 bits per heavy atom. The minimum atomic E-state index is -2.76. The molecule has 0 aliphatic carbocycles. The Hall–Kier alpha value is -1.74. The molecule has 1 heterocycles. The van der Waals surface area contributed by atoms with Crippen LogP contribution in [0.1, 0.15) is 23.2 Å². The van der Waals surface area contributed by atoms with E-state index in [0.717, 1.165) is 0 Å². The number of pyridine rings is 1. The van der Waals surface area contributed by atoms with E-state index >= 15 is 0 Å². The maximum atomic E-state index is 12.7. The standard InChI is InChI=1S/C9H9F2N3O/c1-15-8-5(2-12)4-14-6(3-13)7(8)9(10)11/h4,9H,3,13H2,1H3. The fourth-order valence-electron chi connectivity index (χ4n) is 1.23. The van der Waals surface area contributed by atoms with Gasteiger partial charge in [0, 0.05) is 12.7 Å². The summed E-state index contributed by atoms with van der Waals surface area (Å²) in [6, 6.07) is 1.73. The molecular weight excluding hydrogens is 204 g/mol. The van der Waals surface area contributed by atoms with Gasteiger partial charge in [0.1, 0.15) is 17.4 Å². The predicted molar refractivity (Wildman–Crippen MR) is 48.4 cm³/mol. The highest BCUT2D eigenvalue weighted by Crippen LogP contribution is 2.33. The van der Waals surface area contributed by atoms with Crippen molar-refractivity contribution in [2.24, 2.45) is 5.73 Å². The van der Waals surface area contributed by atoms with Crippen molar-refractivity contribution in [3.05, 3.63) is 23.0 Å². The van der Waals surface area contributed by atoms with Gasteiger partial charge < -0.3 is 10.5 Å². The Labute approximate surface area is 85.3 Å². The Balaban J connectivity index is 3.46. The number of halogens is 2. The van der Waals surface area contributed by atoms with Crippen molar-refractivity contribution in [2.75, 3.05) is 7.11 Å². The summed E-state index contributed by atoms with van der Waals surface area (Å²) in [5.74, 6) is -0.150. The molecule has 2 N–H and O–H groups in total. The van der Waals surface area contributed by atoms with Gasteiger partial charge in [0.05, 0.1) is 18.4 Å². The number of nitrogens with two attached hydrogens (primary N) is 1. The van der Waals surface area contributed by atoms with E-state index in [1.807, 2.05) is 0 Å². The summed E-state index contributed by atoms with van der Waals surface area (Å²) in [5.41, 5.74) is 4.88. The lowest BCUT2D eigenvalue weighted by Crippen LogP contribution is -2.08. The largest absolute Gasteiger partial charge is 0.495 e. The van der Waals surface area contributed by atoms with E-state index in [-0.39, 0.29) is 23.6 Å².